The van der Waals surface area contributed by atoms with E-state index < -0.39 is 4.92 Å². The predicted molar refractivity (Wildman–Crippen MR) is 131 cm³/mol. The van der Waals surface area contributed by atoms with Crippen LogP contribution in [0.2, 0.25) is 5.02 Å². The van der Waals surface area contributed by atoms with Crippen LogP contribution in [0.1, 0.15) is 16.7 Å². The molecule has 0 amide bonds. The number of anilines is 4. The zero-order valence-corrected chi connectivity index (χ0v) is 19.4. The summed E-state index contributed by atoms with van der Waals surface area (Å²) in [5.41, 5.74) is 6.13. The number of aromatic nitrogens is 3. The Kier molecular flexibility index (Phi) is 7.14. The first-order valence-electron chi connectivity index (χ1n) is 10.5. The minimum atomic E-state index is -0.493. The van der Waals surface area contributed by atoms with Crippen LogP contribution in [-0.4, -0.2) is 52.4 Å². The molecule has 2 N–H and O–H groups in total. The number of hydrazone groups is 1. The lowest BCUT2D eigenvalue weighted by Crippen LogP contribution is -2.37. The molecule has 34 heavy (non-hydrogen) atoms. The maximum Gasteiger partial charge on any atom is 0.270 e. The van der Waals surface area contributed by atoms with Gasteiger partial charge in [0.15, 0.2) is 0 Å². The van der Waals surface area contributed by atoms with Crippen molar-refractivity contribution in [2.24, 2.45) is 5.10 Å². The van der Waals surface area contributed by atoms with Crippen LogP contribution >= 0.6 is 11.6 Å². The van der Waals surface area contributed by atoms with E-state index in [0.29, 0.717) is 48.8 Å². The number of ether oxygens (including phenoxy) is 1. The molecule has 1 aliphatic rings. The summed E-state index contributed by atoms with van der Waals surface area (Å²) in [7, 11) is 0. The molecule has 3 aromatic rings. The minimum Gasteiger partial charge on any atom is -0.378 e. The normalized spacial score (nSPS) is 13.8. The van der Waals surface area contributed by atoms with Crippen molar-refractivity contribution >= 4 is 47.0 Å². The quantitative estimate of drug-likeness (QED) is 0.290. The topological polar surface area (TPSA) is 131 Å². The van der Waals surface area contributed by atoms with Gasteiger partial charge in [0.05, 0.1) is 24.4 Å². The van der Waals surface area contributed by atoms with Gasteiger partial charge in [0.2, 0.25) is 17.8 Å². The molecule has 0 aliphatic carbocycles. The molecule has 12 heteroatoms. The smallest absolute Gasteiger partial charge is 0.270 e. The number of benzene rings is 2. The number of nitro groups is 1. The van der Waals surface area contributed by atoms with Crippen LogP contribution in [-0.2, 0) is 4.74 Å². The molecular formula is C22H23ClN8O3. The van der Waals surface area contributed by atoms with Crippen LogP contribution in [0, 0.1) is 24.0 Å². The maximum atomic E-state index is 11.0. The summed E-state index contributed by atoms with van der Waals surface area (Å²) < 4.78 is 5.43. The molecule has 1 aromatic heterocycles. The number of halogens is 1. The van der Waals surface area contributed by atoms with E-state index in [4.69, 9.17) is 16.3 Å². The number of hydrogen-bond donors (Lipinski definition) is 2. The van der Waals surface area contributed by atoms with Gasteiger partial charge < -0.3 is 15.0 Å². The average Bonchev–Trinajstić information content (AvgIpc) is 2.83. The monoisotopic (exact) mass is 482 g/mol. The van der Waals surface area contributed by atoms with E-state index in [2.05, 4.69) is 30.8 Å². The number of morpholine rings is 1. The van der Waals surface area contributed by atoms with Crippen LogP contribution in [0.25, 0.3) is 0 Å². The third kappa shape index (κ3) is 5.74. The SMILES string of the molecule is Cc1ccc(C)c(Nc2nc(N/N=C\c3cc([N+](=O)[O-])ccc3Cl)nc(N3CCOCC3)n2)c1. The molecule has 0 unspecified atom stereocenters. The lowest BCUT2D eigenvalue weighted by molar-refractivity contribution is -0.384. The summed E-state index contributed by atoms with van der Waals surface area (Å²) in [5.74, 6) is 1.05. The van der Waals surface area contributed by atoms with E-state index in [1.54, 1.807) is 0 Å². The van der Waals surface area contributed by atoms with Crippen molar-refractivity contribution in [1.82, 2.24) is 15.0 Å². The highest BCUT2D eigenvalue weighted by atomic mass is 35.5. The fraction of sp³-hybridized carbons (Fsp3) is 0.273. The van der Waals surface area contributed by atoms with Gasteiger partial charge in [-0.05, 0) is 37.1 Å². The van der Waals surface area contributed by atoms with Gasteiger partial charge in [0.1, 0.15) is 0 Å². The van der Waals surface area contributed by atoms with Gasteiger partial charge >= 0.3 is 0 Å². The third-order valence-electron chi connectivity index (χ3n) is 5.12. The number of aryl methyl sites for hydroxylation is 2. The number of rotatable bonds is 7. The summed E-state index contributed by atoms with van der Waals surface area (Å²) in [6.45, 7) is 6.48. The molecule has 1 fully saturated rings. The highest BCUT2D eigenvalue weighted by Crippen LogP contribution is 2.23. The number of non-ortho nitro benzene ring substituents is 1. The Morgan fingerprint density at radius 3 is 2.65 bits per heavy atom. The van der Waals surface area contributed by atoms with Crippen LogP contribution in [0.3, 0.4) is 0 Å². The third-order valence-corrected chi connectivity index (χ3v) is 5.46. The number of nitrogens with zero attached hydrogens (tertiary/aromatic N) is 6. The summed E-state index contributed by atoms with van der Waals surface area (Å²) in [6.07, 6.45) is 1.38. The Balaban J connectivity index is 1.61. The van der Waals surface area contributed by atoms with Crippen molar-refractivity contribution in [2.75, 3.05) is 41.9 Å². The molecule has 0 atom stereocenters. The summed E-state index contributed by atoms with van der Waals surface area (Å²) in [4.78, 5) is 26.0. The molecule has 11 nitrogen and oxygen atoms in total. The van der Waals surface area contributed by atoms with Crippen molar-refractivity contribution in [3.63, 3.8) is 0 Å². The molecule has 0 spiro atoms. The van der Waals surface area contributed by atoms with Crippen LogP contribution in [0.4, 0.5) is 29.2 Å². The van der Waals surface area contributed by atoms with E-state index in [0.717, 1.165) is 16.8 Å². The van der Waals surface area contributed by atoms with Crippen molar-refractivity contribution in [2.45, 2.75) is 13.8 Å². The van der Waals surface area contributed by atoms with E-state index >= 15 is 0 Å². The van der Waals surface area contributed by atoms with Crippen LogP contribution < -0.4 is 15.6 Å². The van der Waals surface area contributed by atoms with Crippen molar-refractivity contribution in [3.8, 4) is 0 Å². The van der Waals surface area contributed by atoms with Gasteiger partial charge in [-0.25, -0.2) is 5.43 Å². The van der Waals surface area contributed by atoms with Crippen molar-refractivity contribution in [3.05, 3.63) is 68.2 Å². The predicted octanol–water partition coefficient (Wildman–Crippen LogP) is 4.08. The van der Waals surface area contributed by atoms with Gasteiger partial charge in [0.25, 0.3) is 5.69 Å². The van der Waals surface area contributed by atoms with Crippen molar-refractivity contribution in [1.29, 1.82) is 0 Å². The maximum absolute atomic E-state index is 11.0. The van der Waals surface area contributed by atoms with Gasteiger partial charge in [-0.1, -0.05) is 23.7 Å². The van der Waals surface area contributed by atoms with Crippen LogP contribution in [0.15, 0.2) is 41.5 Å². The second-order valence-electron chi connectivity index (χ2n) is 7.66. The molecule has 4 rings (SSSR count). The second kappa shape index (κ2) is 10.4. The molecule has 176 valence electrons. The second-order valence-corrected chi connectivity index (χ2v) is 8.07. The summed E-state index contributed by atoms with van der Waals surface area (Å²) in [6, 6.07) is 10.2. The highest BCUT2D eigenvalue weighted by molar-refractivity contribution is 6.33. The molecule has 1 aliphatic heterocycles. The molecule has 0 bridgehead atoms. The molecule has 0 saturated carbocycles. The minimum absolute atomic E-state index is 0.0828. The Morgan fingerprint density at radius 2 is 1.88 bits per heavy atom. The van der Waals surface area contributed by atoms with Gasteiger partial charge in [-0.2, -0.15) is 20.1 Å². The van der Waals surface area contributed by atoms with Crippen molar-refractivity contribution < 1.29 is 9.66 Å². The molecule has 0 radical (unpaired) electrons. The standard InChI is InChI=1S/C22H23ClN8O3/c1-14-3-4-15(2)19(11-14)25-20-26-21(28-22(27-20)30-7-9-34-10-8-30)29-24-13-16-12-17(31(32)33)5-6-18(16)23/h3-6,11-13H,7-10H2,1-2H3,(H2,25,26,27,28,29)/b24-13-. The van der Waals surface area contributed by atoms with Gasteiger partial charge in [0, 0.05) is 41.5 Å². The number of nitro benzene ring substituents is 1. The highest BCUT2D eigenvalue weighted by Gasteiger charge is 2.17. The molecular weight excluding hydrogens is 460 g/mol. The fourth-order valence-corrected chi connectivity index (χ4v) is 3.44. The lowest BCUT2D eigenvalue weighted by Gasteiger charge is -2.27. The lowest BCUT2D eigenvalue weighted by atomic mass is 10.1. The number of nitrogens with one attached hydrogen (secondary N) is 2. The van der Waals surface area contributed by atoms with E-state index in [9.17, 15) is 10.1 Å². The van der Waals surface area contributed by atoms with Gasteiger partial charge in [-0.3, -0.25) is 10.1 Å². The fourth-order valence-electron chi connectivity index (χ4n) is 3.27. The molecule has 2 aromatic carbocycles. The van der Waals surface area contributed by atoms with E-state index in [-0.39, 0.29) is 11.6 Å². The zero-order valence-electron chi connectivity index (χ0n) is 18.7. The van der Waals surface area contributed by atoms with Crippen LogP contribution in [0.5, 0.6) is 0 Å². The van der Waals surface area contributed by atoms with E-state index in [1.165, 1.54) is 24.4 Å². The first-order chi connectivity index (χ1) is 16.4. The Labute approximate surface area is 201 Å². The Hall–Kier alpha value is -3.83. The first-order valence-corrected chi connectivity index (χ1v) is 10.9. The zero-order chi connectivity index (χ0) is 24.1. The average molecular weight is 483 g/mol. The number of hydrogen-bond acceptors (Lipinski definition) is 10. The molecule has 1 saturated heterocycles. The Bertz CT molecular complexity index is 1230. The molecule has 2 heterocycles. The van der Waals surface area contributed by atoms with E-state index in [1.807, 2.05) is 36.9 Å². The van der Waals surface area contributed by atoms with Gasteiger partial charge in [-0.15, -0.1) is 0 Å². The summed E-state index contributed by atoms with van der Waals surface area (Å²) >= 11 is 6.14. The summed E-state index contributed by atoms with van der Waals surface area (Å²) in [5, 5.41) is 18.8. The Morgan fingerprint density at radius 1 is 1.12 bits per heavy atom. The first kappa shape index (κ1) is 23.3. The largest absolute Gasteiger partial charge is 0.378 e.